The van der Waals surface area contributed by atoms with Crippen molar-refractivity contribution in [3.63, 3.8) is 0 Å². The number of hydrogen-bond donors (Lipinski definition) is 2. The Kier molecular flexibility index (Phi) is 2.20. The Hall–Kier alpha value is 0.370. The average molecular weight is 148 g/mol. The Morgan fingerprint density at radius 2 is 1.86 bits per heavy atom. The van der Waals surface area contributed by atoms with E-state index in [9.17, 15) is 8.96 Å². The van der Waals surface area contributed by atoms with Gasteiger partial charge in [-0.05, 0) is 0 Å². The zero-order valence-electron chi connectivity index (χ0n) is 3.08. The van der Waals surface area contributed by atoms with Crippen molar-refractivity contribution in [3.8, 4) is 0 Å². The van der Waals surface area contributed by atoms with Gasteiger partial charge in [0.1, 0.15) is 0 Å². The first-order chi connectivity index (χ1) is 2.94. The van der Waals surface area contributed by atoms with Crippen molar-refractivity contribution in [2.45, 2.75) is 5.37 Å². The fourth-order valence-corrected chi connectivity index (χ4v) is 0. The normalized spacial score (nSPS) is 16.6. The zero-order valence-corrected chi connectivity index (χ0v) is 4.73. The summed E-state index contributed by atoms with van der Waals surface area (Å²) in [5.41, 5.74) is 0. The maximum Gasteiger partial charge on any atom is 0.374 e. The van der Waals surface area contributed by atoms with Crippen LogP contribution in [0.5, 0.6) is 0 Å². The van der Waals surface area contributed by atoms with Gasteiger partial charge >= 0.3 is 7.60 Å². The topological polar surface area (TPSA) is 57.5 Å². The van der Waals surface area contributed by atoms with Crippen LogP contribution in [0.15, 0.2) is 0 Å². The zero-order chi connectivity index (χ0) is 6.08. The highest BCUT2D eigenvalue weighted by Crippen LogP contribution is 2.43. The Morgan fingerprint density at radius 3 is 1.86 bits per heavy atom. The van der Waals surface area contributed by atoms with Crippen LogP contribution in [0.4, 0.5) is 4.39 Å². The van der Waals surface area contributed by atoms with Gasteiger partial charge in [-0.3, -0.25) is 4.57 Å². The van der Waals surface area contributed by atoms with Crippen LogP contribution in [0.25, 0.3) is 0 Å². The van der Waals surface area contributed by atoms with Crippen molar-refractivity contribution in [2.24, 2.45) is 0 Å². The van der Waals surface area contributed by atoms with E-state index in [1.54, 1.807) is 0 Å². The largest absolute Gasteiger partial charge is 0.374 e. The molecule has 0 saturated carbocycles. The lowest BCUT2D eigenvalue weighted by atomic mass is 11.8. The molecule has 0 bridgehead atoms. The molecule has 1 atom stereocenters. The minimum atomic E-state index is -4.64. The van der Waals surface area contributed by atoms with E-state index in [1.807, 2.05) is 0 Å². The minimum Gasteiger partial charge on any atom is -0.322 e. The fraction of sp³-hybridized carbons (Fsp3) is 1.00. The van der Waals surface area contributed by atoms with Gasteiger partial charge in [0.25, 0.3) is 5.37 Å². The van der Waals surface area contributed by atoms with Crippen LogP contribution in [0.1, 0.15) is 0 Å². The summed E-state index contributed by atoms with van der Waals surface area (Å²) < 4.78 is 20.7. The van der Waals surface area contributed by atoms with Gasteiger partial charge in [-0.1, -0.05) is 11.6 Å². The summed E-state index contributed by atoms with van der Waals surface area (Å²) in [5.74, 6) is 0. The monoisotopic (exact) mass is 148 g/mol. The molecule has 0 aromatic heterocycles. The van der Waals surface area contributed by atoms with Crippen LogP contribution in [0.3, 0.4) is 0 Å². The molecule has 0 aliphatic carbocycles. The molecule has 3 nitrogen and oxygen atoms in total. The number of halogens is 2. The van der Waals surface area contributed by atoms with Crippen LogP contribution in [-0.4, -0.2) is 15.2 Å². The van der Waals surface area contributed by atoms with E-state index < -0.39 is 13.0 Å². The van der Waals surface area contributed by atoms with Crippen LogP contribution < -0.4 is 0 Å². The highest BCUT2D eigenvalue weighted by atomic mass is 35.5. The van der Waals surface area contributed by atoms with Gasteiger partial charge in [-0.15, -0.1) is 0 Å². The van der Waals surface area contributed by atoms with Crippen molar-refractivity contribution in [2.75, 3.05) is 0 Å². The van der Waals surface area contributed by atoms with Crippen LogP contribution in [0.2, 0.25) is 0 Å². The van der Waals surface area contributed by atoms with E-state index in [1.165, 1.54) is 0 Å². The predicted octanol–water partition coefficient (Wildman–Crippen LogP) is 0.656. The van der Waals surface area contributed by atoms with E-state index in [4.69, 9.17) is 9.79 Å². The molecule has 6 heteroatoms. The lowest BCUT2D eigenvalue weighted by Gasteiger charge is -1.98. The molecule has 2 N–H and O–H groups in total. The van der Waals surface area contributed by atoms with Gasteiger partial charge in [0.05, 0.1) is 0 Å². The quantitative estimate of drug-likeness (QED) is 0.424. The molecule has 0 aromatic carbocycles. The summed E-state index contributed by atoms with van der Waals surface area (Å²) in [6.45, 7) is 0. The highest BCUT2D eigenvalue weighted by Gasteiger charge is 2.24. The van der Waals surface area contributed by atoms with Gasteiger partial charge in [-0.25, -0.2) is 4.39 Å². The molecule has 0 spiro atoms. The first kappa shape index (κ1) is 7.37. The van der Waals surface area contributed by atoms with Crippen LogP contribution in [-0.2, 0) is 4.57 Å². The third kappa shape index (κ3) is 3.00. The minimum absolute atomic E-state index is 2.56. The van der Waals surface area contributed by atoms with E-state index in [2.05, 4.69) is 11.6 Å². The van der Waals surface area contributed by atoms with Crippen molar-refractivity contribution >= 4 is 19.2 Å². The van der Waals surface area contributed by atoms with E-state index >= 15 is 0 Å². The second-order valence-electron chi connectivity index (χ2n) is 0.867. The molecule has 0 saturated heterocycles. The number of hydrogen-bond acceptors (Lipinski definition) is 1. The first-order valence-corrected chi connectivity index (χ1v) is 3.40. The molecule has 44 valence electrons. The smallest absolute Gasteiger partial charge is 0.322 e. The second kappa shape index (κ2) is 2.09. The summed E-state index contributed by atoms with van der Waals surface area (Å²) in [6.07, 6.45) is 0. The summed E-state index contributed by atoms with van der Waals surface area (Å²) in [4.78, 5) is 15.4. The van der Waals surface area contributed by atoms with Gasteiger partial charge in [0.15, 0.2) is 0 Å². The van der Waals surface area contributed by atoms with E-state index in [-0.39, 0.29) is 0 Å². The molecule has 0 heterocycles. The molecule has 0 fully saturated rings. The molecule has 7 heavy (non-hydrogen) atoms. The molecule has 0 amide bonds. The van der Waals surface area contributed by atoms with Crippen molar-refractivity contribution in [1.29, 1.82) is 0 Å². The lowest BCUT2D eigenvalue weighted by molar-refractivity contribution is 0.335. The summed E-state index contributed by atoms with van der Waals surface area (Å²) in [6, 6.07) is 0. The number of rotatable bonds is 1. The SMILES string of the molecule is O=P(O)(O)C(F)Cl. The average Bonchev–Trinajstić information content (AvgIpc) is 1.31. The van der Waals surface area contributed by atoms with Gasteiger partial charge in [0.2, 0.25) is 0 Å². The highest BCUT2D eigenvalue weighted by molar-refractivity contribution is 7.54. The van der Waals surface area contributed by atoms with E-state index in [0.717, 1.165) is 0 Å². The lowest BCUT2D eigenvalue weighted by Crippen LogP contribution is -1.87. The predicted molar refractivity (Wildman–Crippen MR) is 22.8 cm³/mol. The standard InChI is InChI=1S/CH3ClFO3P/c2-1(3)7(4,5)6/h1H,(H2,4,5,6). The second-order valence-corrected chi connectivity index (χ2v) is 3.19. The molecule has 0 radical (unpaired) electrons. The maximum absolute atomic E-state index is 11.2. The van der Waals surface area contributed by atoms with Crippen LogP contribution in [0, 0.1) is 0 Å². The summed E-state index contributed by atoms with van der Waals surface area (Å²) in [7, 11) is -4.64. The summed E-state index contributed by atoms with van der Waals surface area (Å²) in [5, 5.41) is -2.56. The van der Waals surface area contributed by atoms with Gasteiger partial charge in [-0.2, -0.15) is 0 Å². The molecular formula is CH3ClFO3P. The molecular weight excluding hydrogens is 145 g/mol. The van der Waals surface area contributed by atoms with Crippen molar-refractivity contribution < 1.29 is 18.7 Å². The third-order valence-electron chi connectivity index (χ3n) is 0.254. The third-order valence-corrected chi connectivity index (χ3v) is 1.53. The van der Waals surface area contributed by atoms with E-state index in [0.29, 0.717) is 0 Å². The first-order valence-electron chi connectivity index (χ1n) is 1.28. The molecule has 0 aliphatic heterocycles. The molecule has 0 aromatic rings. The molecule has 1 unspecified atom stereocenters. The van der Waals surface area contributed by atoms with Crippen molar-refractivity contribution in [1.82, 2.24) is 0 Å². The van der Waals surface area contributed by atoms with Gasteiger partial charge < -0.3 is 9.79 Å². The van der Waals surface area contributed by atoms with Crippen molar-refractivity contribution in [3.05, 3.63) is 0 Å². The Labute approximate surface area is 44.3 Å². The van der Waals surface area contributed by atoms with Crippen LogP contribution >= 0.6 is 19.2 Å². The Balaban J connectivity index is 3.80. The Bertz CT molecular complexity index is 97.1. The maximum atomic E-state index is 11.2. The number of alkyl halides is 2. The molecule has 0 rings (SSSR count). The summed E-state index contributed by atoms with van der Waals surface area (Å²) >= 11 is 4.32. The fourth-order valence-electron chi connectivity index (χ4n) is 0. The van der Waals surface area contributed by atoms with Gasteiger partial charge in [0, 0.05) is 0 Å². The molecule has 0 aliphatic rings. The Morgan fingerprint density at radius 1 is 1.71 bits per heavy atom.